The molecule has 0 unspecified atom stereocenters. The molecule has 10 nitrogen and oxygen atoms in total. The van der Waals surface area contributed by atoms with Gasteiger partial charge >= 0.3 is 6.09 Å². The van der Waals surface area contributed by atoms with Crippen molar-refractivity contribution in [1.29, 1.82) is 0 Å². The lowest BCUT2D eigenvalue weighted by atomic mass is 9.98. The molecule has 11 heteroatoms. The molecule has 1 saturated heterocycles. The van der Waals surface area contributed by atoms with Crippen LogP contribution in [-0.4, -0.2) is 69.0 Å². The van der Waals surface area contributed by atoms with E-state index in [4.69, 9.17) is 4.74 Å². The van der Waals surface area contributed by atoms with Crippen LogP contribution in [0.15, 0.2) is 35.7 Å². The van der Waals surface area contributed by atoms with Gasteiger partial charge in [-0.05, 0) is 57.7 Å². The number of fused-ring (bicyclic) bond motifs is 3. The molecule has 0 atom stereocenters. The average molecular weight is 542 g/mol. The van der Waals surface area contributed by atoms with Crippen molar-refractivity contribution in [3.05, 3.63) is 47.5 Å². The fraction of sp³-hybridized carbons (Fsp3) is 0.519. The van der Waals surface area contributed by atoms with E-state index >= 15 is 0 Å². The zero-order chi connectivity index (χ0) is 27.4. The molecular formula is C27H35N5O5S. The minimum absolute atomic E-state index is 0.0585. The Morgan fingerprint density at radius 1 is 1.08 bits per heavy atom. The number of hydrogen-bond acceptors (Lipinski definition) is 6. The summed E-state index contributed by atoms with van der Waals surface area (Å²) in [6.07, 6.45) is 4.72. The third kappa shape index (κ3) is 4.79. The van der Waals surface area contributed by atoms with Crippen LogP contribution in [0.4, 0.5) is 4.79 Å². The van der Waals surface area contributed by atoms with Gasteiger partial charge in [0.2, 0.25) is 0 Å². The molecule has 5 rings (SSSR count). The van der Waals surface area contributed by atoms with Gasteiger partial charge in [-0.25, -0.2) is 13.8 Å². The Balaban J connectivity index is 1.61. The predicted octanol–water partition coefficient (Wildman–Crippen LogP) is 3.78. The van der Waals surface area contributed by atoms with Gasteiger partial charge in [0.1, 0.15) is 5.60 Å². The van der Waals surface area contributed by atoms with E-state index in [1.807, 2.05) is 25.7 Å². The lowest BCUT2D eigenvalue weighted by Crippen LogP contribution is -2.40. The van der Waals surface area contributed by atoms with Crippen LogP contribution >= 0.6 is 0 Å². The summed E-state index contributed by atoms with van der Waals surface area (Å²) < 4.78 is 36.1. The van der Waals surface area contributed by atoms with Gasteiger partial charge < -0.3 is 19.1 Å². The molecule has 1 fully saturated rings. The smallest absolute Gasteiger partial charge is 0.410 e. The van der Waals surface area contributed by atoms with Crippen LogP contribution in [0.5, 0.6) is 0 Å². The monoisotopic (exact) mass is 541 g/mol. The Morgan fingerprint density at radius 3 is 2.42 bits per heavy atom. The first-order chi connectivity index (χ1) is 17.8. The summed E-state index contributed by atoms with van der Waals surface area (Å²) in [5.41, 5.74) is 1.63. The topological polar surface area (TPSA) is 107 Å². The van der Waals surface area contributed by atoms with E-state index in [-0.39, 0.29) is 17.5 Å². The molecule has 3 aromatic rings. The van der Waals surface area contributed by atoms with Gasteiger partial charge in [0.25, 0.3) is 15.9 Å². The SMILES string of the molecule is CC1CCN(C(=O)c2ccc3c(c2)c2c(n3S(=O)(=O)c3cn(C)cn3)CCN(C(=O)OC(C)(C)C)C2)CC1. The third-order valence-electron chi connectivity index (χ3n) is 7.26. The number of carbonyl (C=O) groups excluding carboxylic acids is 2. The number of benzene rings is 1. The van der Waals surface area contributed by atoms with Crippen LogP contribution in [0.2, 0.25) is 0 Å². The first kappa shape index (κ1) is 26.3. The Morgan fingerprint density at radius 2 is 1.79 bits per heavy atom. The number of aryl methyl sites for hydroxylation is 1. The molecule has 0 N–H and O–H groups in total. The van der Waals surface area contributed by atoms with Gasteiger partial charge in [0.15, 0.2) is 5.03 Å². The summed E-state index contributed by atoms with van der Waals surface area (Å²) in [6.45, 7) is 9.54. The molecule has 2 amide bonds. The number of hydrogen-bond donors (Lipinski definition) is 0. The molecule has 1 aromatic carbocycles. The molecular weight excluding hydrogens is 506 g/mol. The Bertz CT molecular complexity index is 1510. The second-order valence-electron chi connectivity index (χ2n) is 11.4. The molecule has 0 bridgehead atoms. The minimum atomic E-state index is -4.01. The third-order valence-corrected chi connectivity index (χ3v) is 8.89. The minimum Gasteiger partial charge on any atom is -0.444 e. The number of amides is 2. The van der Waals surface area contributed by atoms with Crippen molar-refractivity contribution < 1.29 is 22.7 Å². The number of nitrogens with zero attached hydrogens (tertiary/aromatic N) is 5. The van der Waals surface area contributed by atoms with Crippen molar-refractivity contribution in [2.24, 2.45) is 13.0 Å². The summed E-state index contributed by atoms with van der Waals surface area (Å²) in [6, 6.07) is 5.17. The van der Waals surface area contributed by atoms with Gasteiger partial charge in [-0.2, -0.15) is 8.42 Å². The number of imidazole rings is 1. The molecule has 0 aliphatic carbocycles. The highest BCUT2D eigenvalue weighted by atomic mass is 32.2. The van der Waals surface area contributed by atoms with Crippen LogP contribution in [0.3, 0.4) is 0 Å². The van der Waals surface area contributed by atoms with Crippen LogP contribution in [-0.2, 0) is 34.8 Å². The number of likely N-dealkylation sites (tertiary alicyclic amines) is 1. The van der Waals surface area contributed by atoms with E-state index in [2.05, 4.69) is 11.9 Å². The molecule has 204 valence electrons. The fourth-order valence-electron chi connectivity index (χ4n) is 5.22. The van der Waals surface area contributed by atoms with Crippen molar-refractivity contribution in [1.82, 2.24) is 23.3 Å². The van der Waals surface area contributed by atoms with E-state index in [9.17, 15) is 18.0 Å². The summed E-state index contributed by atoms with van der Waals surface area (Å²) >= 11 is 0. The van der Waals surface area contributed by atoms with Crippen molar-refractivity contribution in [2.45, 2.75) is 64.1 Å². The number of rotatable bonds is 3. The lowest BCUT2D eigenvalue weighted by Gasteiger charge is -2.31. The van der Waals surface area contributed by atoms with Gasteiger partial charge in [-0.1, -0.05) is 6.92 Å². The molecule has 0 spiro atoms. The summed E-state index contributed by atoms with van der Waals surface area (Å²) in [5.74, 6) is 0.533. The first-order valence-corrected chi connectivity index (χ1v) is 14.5. The molecule has 2 aromatic heterocycles. The Hall–Kier alpha value is -3.34. The fourth-order valence-corrected chi connectivity index (χ4v) is 6.79. The second kappa shape index (κ2) is 9.44. The van der Waals surface area contributed by atoms with Crippen molar-refractivity contribution in [2.75, 3.05) is 19.6 Å². The largest absolute Gasteiger partial charge is 0.444 e. The van der Waals surface area contributed by atoms with Gasteiger partial charge in [0.05, 0.1) is 18.4 Å². The molecule has 2 aliphatic heterocycles. The number of ether oxygens (including phenoxy) is 1. The van der Waals surface area contributed by atoms with E-state index < -0.39 is 21.7 Å². The van der Waals surface area contributed by atoms with Gasteiger partial charge in [-0.15, -0.1) is 0 Å². The molecule has 0 saturated carbocycles. The van der Waals surface area contributed by atoms with Crippen molar-refractivity contribution >= 4 is 32.9 Å². The maximum absolute atomic E-state index is 13.8. The predicted molar refractivity (Wildman–Crippen MR) is 142 cm³/mol. The molecule has 0 radical (unpaired) electrons. The highest BCUT2D eigenvalue weighted by molar-refractivity contribution is 7.90. The van der Waals surface area contributed by atoms with Crippen LogP contribution in [0, 0.1) is 5.92 Å². The van der Waals surface area contributed by atoms with E-state index in [1.54, 1.807) is 34.7 Å². The molecule has 4 heterocycles. The van der Waals surface area contributed by atoms with Crippen LogP contribution in [0.25, 0.3) is 10.9 Å². The molecule has 38 heavy (non-hydrogen) atoms. The zero-order valence-electron chi connectivity index (χ0n) is 22.6. The first-order valence-electron chi connectivity index (χ1n) is 13.0. The van der Waals surface area contributed by atoms with E-state index in [0.717, 1.165) is 12.8 Å². The second-order valence-corrected chi connectivity index (χ2v) is 13.2. The van der Waals surface area contributed by atoms with E-state index in [0.29, 0.717) is 59.7 Å². The van der Waals surface area contributed by atoms with Crippen molar-refractivity contribution in [3.8, 4) is 0 Å². The maximum atomic E-state index is 13.8. The average Bonchev–Trinajstić information content (AvgIpc) is 3.44. The summed E-state index contributed by atoms with van der Waals surface area (Å²) in [4.78, 5) is 33.8. The van der Waals surface area contributed by atoms with Crippen molar-refractivity contribution in [3.63, 3.8) is 0 Å². The van der Waals surface area contributed by atoms with Crippen LogP contribution < -0.4 is 0 Å². The highest BCUT2D eigenvalue weighted by Gasteiger charge is 2.34. The zero-order valence-corrected chi connectivity index (χ0v) is 23.4. The summed E-state index contributed by atoms with van der Waals surface area (Å²) in [5, 5.41) is 0.584. The summed E-state index contributed by atoms with van der Waals surface area (Å²) in [7, 11) is -2.30. The lowest BCUT2D eigenvalue weighted by molar-refractivity contribution is 0.0224. The van der Waals surface area contributed by atoms with E-state index in [1.165, 1.54) is 16.5 Å². The van der Waals surface area contributed by atoms with Gasteiger partial charge in [0, 0.05) is 61.5 Å². The normalized spacial score (nSPS) is 17.1. The standard InChI is InChI=1S/C27H35N5O5S/c1-18-8-11-30(12-9-18)25(33)19-6-7-22-20(14-19)21-15-31(26(34)37-27(2,3)4)13-10-23(21)32(22)38(35,36)24-16-29(5)17-28-24/h6-7,14,16-18H,8-13,15H2,1-5H3. The van der Waals surface area contributed by atoms with Crippen LogP contribution in [0.1, 0.15) is 62.2 Å². The number of aromatic nitrogens is 3. The number of piperidine rings is 1. The maximum Gasteiger partial charge on any atom is 0.410 e. The molecule has 2 aliphatic rings. The quantitative estimate of drug-likeness (QED) is 0.500. The highest BCUT2D eigenvalue weighted by Crippen LogP contribution is 2.35. The Labute approximate surface area is 223 Å². The number of carbonyl (C=O) groups is 2. The Kier molecular flexibility index (Phi) is 6.53. The van der Waals surface area contributed by atoms with Gasteiger partial charge in [-0.3, -0.25) is 4.79 Å².